The monoisotopic (exact) mass is 349 g/mol. The van der Waals surface area contributed by atoms with E-state index in [1.54, 1.807) is 25.1 Å². The Balaban J connectivity index is 2.42. The summed E-state index contributed by atoms with van der Waals surface area (Å²) in [5.41, 5.74) is -0.898. The van der Waals surface area contributed by atoms with Crippen LogP contribution in [0.2, 0.25) is 5.02 Å². The zero-order chi connectivity index (χ0) is 14.5. The number of nitrogens with one attached hydrogen (secondary N) is 1. The summed E-state index contributed by atoms with van der Waals surface area (Å²) in [6.07, 6.45) is 0.562. The third-order valence-corrected chi connectivity index (χ3v) is 3.47. The van der Waals surface area contributed by atoms with E-state index in [1.807, 2.05) is 6.92 Å². The third-order valence-electron chi connectivity index (χ3n) is 2.68. The lowest BCUT2D eigenvalue weighted by molar-refractivity contribution is -0.124. The molecule has 1 amide bonds. The smallest absolute Gasteiger partial charge is 0.258 e. The number of amides is 1. The van der Waals surface area contributed by atoms with Gasteiger partial charge in [0.05, 0.1) is 10.6 Å². The molecule has 0 fully saturated rings. The van der Waals surface area contributed by atoms with Crippen molar-refractivity contribution in [2.24, 2.45) is 0 Å². The molecule has 0 aliphatic heterocycles. The number of aliphatic hydroxyl groups is 1. The molecule has 0 aliphatic carbocycles. The van der Waals surface area contributed by atoms with Crippen LogP contribution in [-0.2, 0) is 4.79 Å². The van der Waals surface area contributed by atoms with Gasteiger partial charge < -0.3 is 15.2 Å². The Morgan fingerprint density at radius 1 is 1.58 bits per heavy atom. The molecular weight excluding hydrogens is 334 g/mol. The molecular formula is C13H17BrClNO3. The van der Waals surface area contributed by atoms with E-state index in [-0.39, 0.29) is 19.1 Å². The summed E-state index contributed by atoms with van der Waals surface area (Å²) in [7, 11) is 0. The molecule has 0 aliphatic rings. The second-order valence-electron chi connectivity index (χ2n) is 4.49. The highest BCUT2D eigenvalue weighted by atomic mass is 79.9. The molecule has 1 rings (SSSR count). The number of rotatable bonds is 6. The Labute approximate surface area is 126 Å². The predicted molar refractivity (Wildman–Crippen MR) is 78.6 cm³/mol. The first kappa shape index (κ1) is 16.3. The van der Waals surface area contributed by atoms with Crippen molar-refractivity contribution in [1.82, 2.24) is 5.32 Å². The highest BCUT2D eigenvalue weighted by molar-refractivity contribution is 9.10. The first-order valence-corrected chi connectivity index (χ1v) is 7.08. The van der Waals surface area contributed by atoms with E-state index >= 15 is 0 Å². The SMILES string of the molecule is CCC(C)(O)CNC(=O)COc1ccc(Br)cc1Cl. The molecule has 1 aromatic carbocycles. The highest BCUT2D eigenvalue weighted by Crippen LogP contribution is 2.27. The molecule has 1 unspecified atom stereocenters. The third kappa shape index (κ3) is 5.80. The van der Waals surface area contributed by atoms with Crippen molar-refractivity contribution in [1.29, 1.82) is 0 Å². The standard InChI is InChI=1S/C13H17BrClNO3/c1-3-13(2,18)8-16-12(17)7-19-11-5-4-9(14)6-10(11)15/h4-6,18H,3,7-8H2,1-2H3,(H,16,17). The molecule has 1 aromatic rings. The van der Waals surface area contributed by atoms with Gasteiger partial charge in [-0.1, -0.05) is 34.5 Å². The van der Waals surface area contributed by atoms with Crippen LogP contribution in [0.1, 0.15) is 20.3 Å². The van der Waals surface area contributed by atoms with Gasteiger partial charge >= 0.3 is 0 Å². The number of hydrogen-bond acceptors (Lipinski definition) is 3. The molecule has 1 atom stereocenters. The fourth-order valence-electron chi connectivity index (χ4n) is 1.20. The summed E-state index contributed by atoms with van der Waals surface area (Å²) in [6.45, 7) is 3.57. The van der Waals surface area contributed by atoms with E-state index in [0.717, 1.165) is 4.47 Å². The van der Waals surface area contributed by atoms with Gasteiger partial charge in [0.1, 0.15) is 5.75 Å². The summed E-state index contributed by atoms with van der Waals surface area (Å²) in [5, 5.41) is 12.8. The molecule has 0 aromatic heterocycles. The van der Waals surface area contributed by atoms with Crippen molar-refractivity contribution in [2.75, 3.05) is 13.2 Å². The van der Waals surface area contributed by atoms with Crippen LogP contribution in [0.5, 0.6) is 5.75 Å². The van der Waals surface area contributed by atoms with Crippen molar-refractivity contribution in [3.05, 3.63) is 27.7 Å². The van der Waals surface area contributed by atoms with Gasteiger partial charge in [0, 0.05) is 11.0 Å². The summed E-state index contributed by atoms with van der Waals surface area (Å²) in [4.78, 5) is 11.6. The lowest BCUT2D eigenvalue weighted by Gasteiger charge is -2.21. The Morgan fingerprint density at radius 2 is 2.26 bits per heavy atom. The molecule has 6 heteroatoms. The topological polar surface area (TPSA) is 58.6 Å². The lowest BCUT2D eigenvalue weighted by atomic mass is 10.0. The molecule has 106 valence electrons. The van der Waals surface area contributed by atoms with Gasteiger partial charge in [0.2, 0.25) is 0 Å². The van der Waals surface area contributed by atoms with Gasteiger partial charge in [0.25, 0.3) is 5.91 Å². The normalized spacial score (nSPS) is 13.7. The van der Waals surface area contributed by atoms with E-state index in [2.05, 4.69) is 21.2 Å². The highest BCUT2D eigenvalue weighted by Gasteiger charge is 2.18. The van der Waals surface area contributed by atoms with Crippen molar-refractivity contribution >= 4 is 33.4 Å². The average Bonchev–Trinajstić information content (AvgIpc) is 2.35. The minimum atomic E-state index is -0.898. The average molecular weight is 351 g/mol. The van der Waals surface area contributed by atoms with Crippen LogP contribution < -0.4 is 10.1 Å². The largest absolute Gasteiger partial charge is 0.482 e. The molecule has 0 saturated heterocycles. The zero-order valence-electron chi connectivity index (χ0n) is 10.9. The van der Waals surface area contributed by atoms with Gasteiger partial charge in [-0.3, -0.25) is 4.79 Å². The van der Waals surface area contributed by atoms with Crippen molar-refractivity contribution in [3.8, 4) is 5.75 Å². The van der Waals surface area contributed by atoms with Crippen LogP contribution in [0.4, 0.5) is 0 Å². The maximum atomic E-state index is 11.6. The van der Waals surface area contributed by atoms with Crippen molar-refractivity contribution < 1.29 is 14.6 Å². The number of ether oxygens (including phenoxy) is 1. The molecule has 0 spiro atoms. The molecule has 2 N–H and O–H groups in total. The first-order valence-electron chi connectivity index (χ1n) is 5.91. The molecule has 0 radical (unpaired) electrons. The Hall–Kier alpha value is -0.780. The van der Waals surface area contributed by atoms with Gasteiger partial charge in [0.15, 0.2) is 6.61 Å². The van der Waals surface area contributed by atoms with Crippen molar-refractivity contribution in [3.63, 3.8) is 0 Å². The van der Waals surface area contributed by atoms with Crippen LogP contribution in [0.3, 0.4) is 0 Å². The number of halogens is 2. The number of hydrogen-bond donors (Lipinski definition) is 2. The quantitative estimate of drug-likeness (QED) is 0.829. The molecule has 19 heavy (non-hydrogen) atoms. The van der Waals surface area contributed by atoms with E-state index in [9.17, 15) is 9.90 Å². The van der Waals surface area contributed by atoms with E-state index in [4.69, 9.17) is 16.3 Å². The van der Waals surface area contributed by atoms with Gasteiger partial charge in [-0.25, -0.2) is 0 Å². The first-order chi connectivity index (χ1) is 8.84. The molecule has 0 heterocycles. The van der Waals surface area contributed by atoms with E-state index in [1.165, 1.54) is 0 Å². The second kappa shape index (κ2) is 7.12. The van der Waals surface area contributed by atoms with Crippen LogP contribution in [0.15, 0.2) is 22.7 Å². The van der Waals surface area contributed by atoms with Crippen LogP contribution in [0.25, 0.3) is 0 Å². The molecule has 0 bridgehead atoms. The zero-order valence-corrected chi connectivity index (χ0v) is 13.2. The number of benzene rings is 1. The second-order valence-corrected chi connectivity index (χ2v) is 5.81. The van der Waals surface area contributed by atoms with Crippen LogP contribution >= 0.6 is 27.5 Å². The van der Waals surface area contributed by atoms with E-state index in [0.29, 0.717) is 17.2 Å². The van der Waals surface area contributed by atoms with Gasteiger partial charge in [-0.05, 0) is 31.5 Å². The number of carbonyl (C=O) groups excluding carboxylic acids is 1. The predicted octanol–water partition coefficient (Wildman–Crippen LogP) is 2.76. The van der Waals surface area contributed by atoms with Crippen molar-refractivity contribution in [2.45, 2.75) is 25.9 Å². The van der Waals surface area contributed by atoms with Gasteiger partial charge in [-0.15, -0.1) is 0 Å². The Kier molecular flexibility index (Phi) is 6.10. The summed E-state index contributed by atoms with van der Waals surface area (Å²) in [6, 6.07) is 5.15. The van der Waals surface area contributed by atoms with Crippen LogP contribution in [0, 0.1) is 0 Å². The summed E-state index contributed by atoms with van der Waals surface area (Å²) in [5.74, 6) is 0.148. The van der Waals surface area contributed by atoms with Crippen LogP contribution in [-0.4, -0.2) is 29.8 Å². The minimum Gasteiger partial charge on any atom is -0.482 e. The fourth-order valence-corrected chi connectivity index (χ4v) is 1.93. The summed E-state index contributed by atoms with van der Waals surface area (Å²) >= 11 is 9.24. The fraction of sp³-hybridized carbons (Fsp3) is 0.462. The molecule has 0 saturated carbocycles. The van der Waals surface area contributed by atoms with E-state index < -0.39 is 5.60 Å². The van der Waals surface area contributed by atoms with Gasteiger partial charge in [-0.2, -0.15) is 0 Å². The molecule has 4 nitrogen and oxygen atoms in total. The Morgan fingerprint density at radius 3 is 2.84 bits per heavy atom. The lowest BCUT2D eigenvalue weighted by Crippen LogP contribution is -2.41. The maximum Gasteiger partial charge on any atom is 0.258 e. The minimum absolute atomic E-state index is 0.138. The number of carbonyl (C=O) groups is 1. The Bertz CT molecular complexity index is 452. The maximum absolute atomic E-state index is 11.6. The summed E-state index contributed by atoms with van der Waals surface area (Å²) < 4.78 is 6.15.